The molecule has 0 aromatic carbocycles. The Balaban J connectivity index is 2.52. The highest BCUT2D eigenvalue weighted by Crippen LogP contribution is 2.18. The number of hydrogen-bond acceptors (Lipinski definition) is 1. The van der Waals surface area contributed by atoms with Crippen LogP contribution >= 0.6 is 0 Å². The fraction of sp³-hybridized carbons (Fsp3) is 0.727. The van der Waals surface area contributed by atoms with Gasteiger partial charge in [0.25, 0.3) is 0 Å². The summed E-state index contributed by atoms with van der Waals surface area (Å²) in [5.74, 6) is 0.358. The average molecular weight is 166 g/mol. The summed E-state index contributed by atoms with van der Waals surface area (Å²) in [5.41, 5.74) is 1.09. The molecule has 1 heteroatoms. The summed E-state index contributed by atoms with van der Waals surface area (Å²) < 4.78 is 0. The Bertz CT molecular complexity index is 179. The van der Waals surface area contributed by atoms with Gasteiger partial charge in [0, 0.05) is 6.42 Å². The van der Waals surface area contributed by atoms with Gasteiger partial charge in [0.2, 0.25) is 0 Å². The Morgan fingerprint density at radius 1 is 1.33 bits per heavy atom. The van der Waals surface area contributed by atoms with E-state index < -0.39 is 0 Å². The average Bonchev–Trinajstić information content (AvgIpc) is 2.02. The maximum Gasteiger partial charge on any atom is 0.158 e. The lowest BCUT2D eigenvalue weighted by atomic mass is 9.96. The van der Waals surface area contributed by atoms with Crippen LogP contribution < -0.4 is 0 Å². The molecule has 0 saturated carbocycles. The maximum atomic E-state index is 11.4. The van der Waals surface area contributed by atoms with Gasteiger partial charge in [0.05, 0.1) is 0 Å². The van der Waals surface area contributed by atoms with Crippen molar-refractivity contribution in [3.8, 4) is 0 Å². The van der Waals surface area contributed by atoms with Crippen LogP contribution in [0.1, 0.15) is 51.9 Å². The second-order valence-corrected chi connectivity index (χ2v) is 3.46. The Labute approximate surface area is 74.9 Å². The molecule has 0 N–H and O–H groups in total. The molecule has 0 spiro atoms. The van der Waals surface area contributed by atoms with Crippen LogP contribution in [-0.4, -0.2) is 5.78 Å². The number of hydrogen-bond donors (Lipinski definition) is 0. The van der Waals surface area contributed by atoms with Gasteiger partial charge >= 0.3 is 0 Å². The maximum absolute atomic E-state index is 11.4. The summed E-state index contributed by atoms with van der Waals surface area (Å²) in [5, 5.41) is 0. The molecule has 1 aliphatic rings. The zero-order valence-corrected chi connectivity index (χ0v) is 7.94. The first-order valence-electron chi connectivity index (χ1n) is 5.07. The lowest BCUT2D eigenvalue weighted by molar-refractivity contribution is -0.115. The predicted molar refractivity (Wildman–Crippen MR) is 51.1 cm³/mol. The van der Waals surface area contributed by atoms with E-state index >= 15 is 0 Å². The van der Waals surface area contributed by atoms with Crippen molar-refractivity contribution in [1.82, 2.24) is 0 Å². The normalized spacial score (nSPS) is 23.6. The van der Waals surface area contributed by atoms with E-state index in [0.717, 1.165) is 18.4 Å². The molecule has 0 fully saturated rings. The molecule has 0 amide bonds. The van der Waals surface area contributed by atoms with Crippen LogP contribution in [0.4, 0.5) is 0 Å². The van der Waals surface area contributed by atoms with Gasteiger partial charge in [-0.3, -0.25) is 4.79 Å². The van der Waals surface area contributed by atoms with E-state index in [-0.39, 0.29) is 0 Å². The van der Waals surface area contributed by atoms with Gasteiger partial charge in [0.1, 0.15) is 0 Å². The molecule has 68 valence electrons. The molecule has 0 atom stereocenters. The van der Waals surface area contributed by atoms with Crippen LogP contribution in [0.2, 0.25) is 0 Å². The minimum Gasteiger partial charge on any atom is -0.295 e. The third-order valence-corrected chi connectivity index (χ3v) is 2.47. The van der Waals surface area contributed by atoms with Crippen molar-refractivity contribution in [2.75, 3.05) is 0 Å². The largest absolute Gasteiger partial charge is 0.295 e. The van der Waals surface area contributed by atoms with Crippen LogP contribution in [0.15, 0.2) is 11.6 Å². The zero-order chi connectivity index (χ0) is 8.81. The second kappa shape index (κ2) is 5.13. The van der Waals surface area contributed by atoms with Gasteiger partial charge in [-0.2, -0.15) is 0 Å². The summed E-state index contributed by atoms with van der Waals surface area (Å²) >= 11 is 0. The van der Waals surface area contributed by atoms with E-state index in [1.807, 2.05) is 6.92 Å². The van der Waals surface area contributed by atoms with Crippen molar-refractivity contribution in [1.29, 1.82) is 0 Å². The molecule has 0 unspecified atom stereocenters. The highest BCUT2D eigenvalue weighted by Gasteiger charge is 2.07. The molecule has 0 bridgehead atoms. The van der Waals surface area contributed by atoms with Crippen LogP contribution in [0, 0.1) is 0 Å². The standard InChI is InChI=1S/C11H18O/c1-2-11(12)10-8-6-4-3-5-7-9-10/h8H,2-7,9H2,1H3/b10-8+. The Morgan fingerprint density at radius 2 is 2.08 bits per heavy atom. The van der Waals surface area contributed by atoms with Crippen molar-refractivity contribution >= 4 is 5.78 Å². The van der Waals surface area contributed by atoms with Crippen LogP contribution in [-0.2, 0) is 4.79 Å². The van der Waals surface area contributed by atoms with Gasteiger partial charge < -0.3 is 0 Å². The summed E-state index contributed by atoms with van der Waals surface area (Å²) in [6.07, 6.45) is 10.1. The summed E-state index contributed by atoms with van der Waals surface area (Å²) in [6.45, 7) is 1.95. The molecular weight excluding hydrogens is 148 g/mol. The first-order valence-corrected chi connectivity index (χ1v) is 5.07. The first kappa shape index (κ1) is 9.50. The molecule has 1 aliphatic carbocycles. The molecular formula is C11H18O. The third kappa shape index (κ3) is 2.80. The van der Waals surface area contributed by atoms with Crippen molar-refractivity contribution in [3.63, 3.8) is 0 Å². The van der Waals surface area contributed by atoms with Crippen molar-refractivity contribution in [2.45, 2.75) is 51.9 Å². The second-order valence-electron chi connectivity index (χ2n) is 3.46. The van der Waals surface area contributed by atoms with Crippen LogP contribution in [0.25, 0.3) is 0 Å². The molecule has 0 aliphatic heterocycles. The molecule has 1 nitrogen and oxygen atoms in total. The van der Waals surface area contributed by atoms with Gasteiger partial charge in [-0.05, 0) is 31.3 Å². The van der Waals surface area contributed by atoms with Crippen LogP contribution in [0.5, 0.6) is 0 Å². The number of Topliss-reactive ketones (excluding diaryl/α,β-unsaturated/α-hetero) is 1. The Kier molecular flexibility index (Phi) is 4.06. The monoisotopic (exact) mass is 166 g/mol. The van der Waals surface area contributed by atoms with Gasteiger partial charge in [-0.15, -0.1) is 0 Å². The topological polar surface area (TPSA) is 17.1 Å². The molecule has 0 heterocycles. The first-order chi connectivity index (χ1) is 5.84. The minimum absolute atomic E-state index is 0.358. The van der Waals surface area contributed by atoms with E-state index in [1.165, 1.54) is 25.7 Å². The van der Waals surface area contributed by atoms with Gasteiger partial charge in [-0.25, -0.2) is 0 Å². The van der Waals surface area contributed by atoms with Gasteiger partial charge in [0.15, 0.2) is 5.78 Å². The number of carbonyl (C=O) groups is 1. The predicted octanol–water partition coefficient (Wildman–Crippen LogP) is 3.25. The van der Waals surface area contributed by atoms with Gasteiger partial charge in [-0.1, -0.05) is 25.8 Å². The smallest absolute Gasteiger partial charge is 0.158 e. The zero-order valence-electron chi connectivity index (χ0n) is 7.94. The molecule has 0 radical (unpaired) electrons. The molecule has 12 heavy (non-hydrogen) atoms. The minimum atomic E-state index is 0.358. The Morgan fingerprint density at radius 3 is 2.83 bits per heavy atom. The van der Waals surface area contributed by atoms with Crippen molar-refractivity contribution in [3.05, 3.63) is 11.6 Å². The fourth-order valence-electron chi connectivity index (χ4n) is 1.67. The summed E-state index contributed by atoms with van der Waals surface area (Å²) in [4.78, 5) is 11.4. The van der Waals surface area contributed by atoms with E-state index in [2.05, 4.69) is 6.08 Å². The number of ketones is 1. The molecule has 0 aromatic rings. The van der Waals surface area contributed by atoms with E-state index in [4.69, 9.17) is 0 Å². The Hall–Kier alpha value is -0.590. The fourth-order valence-corrected chi connectivity index (χ4v) is 1.67. The van der Waals surface area contributed by atoms with E-state index in [1.54, 1.807) is 0 Å². The number of carbonyl (C=O) groups excluding carboxylic acids is 1. The molecule has 0 aromatic heterocycles. The highest BCUT2D eigenvalue weighted by molar-refractivity contribution is 5.94. The van der Waals surface area contributed by atoms with E-state index in [0.29, 0.717) is 12.2 Å². The lowest BCUT2D eigenvalue weighted by Crippen LogP contribution is -2.02. The highest BCUT2D eigenvalue weighted by atomic mass is 16.1. The molecule has 1 rings (SSSR count). The summed E-state index contributed by atoms with van der Waals surface area (Å²) in [6, 6.07) is 0. The van der Waals surface area contributed by atoms with Crippen molar-refractivity contribution in [2.24, 2.45) is 0 Å². The van der Waals surface area contributed by atoms with Crippen LogP contribution in [0.3, 0.4) is 0 Å². The van der Waals surface area contributed by atoms with Crippen molar-refractivity contribution < 1.29 is 4.79 Å². The molecule has 0 saturated heterocycles. The SMILES string of the molecule is CCC(=O)/C1=C/CCCCCC1. The third-order valence-electron chi connectivity index (χ3n) is 2.47. The quantitative estimate of drug-likeness (QED) is 0.615. The number of rotatable bonds is 2. The lowest BCUT2D eigenvalue weighted by Gasteiger charge is -2.08. The number of allylic oxidation sites excluding steroid dienone is 2. The summed E-state index contributed by atoms with van der Waals surface area (Å²) in [7, 11) is 0. The van der Waals surface area contributed by atoms with E-state index in [9.17, 15) is 4.79 Å².